The molecule has 150 valence electrons. The van der Waals surface area contributed by atoms with Crippen LogP contribution in [0.3, 0.4) is 0 Å². The topological polar surface area (TPSA) is 104 Å². The number of amides is 3. The van der Waals surface area contributed by atoms with Crippen molar-refractivity contribution in [3.05, 3.63) is 28.3 Å². The van der Waals surface area contributed by atoms with Crippen molar-refractivity contribution in [1.82, 2.24) is 10.0 Å². The second kappa shape index (κ2) is 8.48. The molecule has 9 heteroatoms. The molecule has 2 rings (SSSR count). The Kier molecular flexibility index (Phi) is 6.75. The summed E-state index contributed by atoms with van der Waals surface area (Å²) in [6, 6.07) is 2.73. The summed E-state index contributed by atoms with van der Waals surface area (Å²) in [5.41, 5.74) is 2.25. The predicted octanol–water partition coefficient (Wildman–Crippen LogP) is 3.32. The van der Waals surface area contributed by atoms with Crippen molar-refractivity contribution >= 4 is 39.2 Å². The molecule has 1 aliphatic rings. The molecule has 1 atom stereocenters. The fourth-order valence-electron chi connectivity index (χ4n) is 3.03. The minimum absolute atomic E-state index is 0.00310. The number of hydrogen-bond donors (Lipinski definition) is 3. The number of hydrogen-bond acceptors (Lipinski definition) is 4. The van der Waals surface area contributed by atoms with E-state index in [0.29, 0.717) is 10.7 Å². The van der Waals surface area contributed by atoms with Gasteiger partial charge < -0.3 is 10.6 Å². The van der Waals surface area contributed by atoms with Crippen molar-refractivity contribution < 1.29 is 18.0 Å². The molecule has 1 aliphatic heterocycles. The van der Waals surface area contributed by atoms with E-state index >= 15 is 0 Å². The van der Waals surface area contributed by atoms with E-state index in [1.165, 1.54) is 0 Å². The molecule has 0 radical (unpaired) electrons. The molecule has 1 aromatic carbocycles. The first-order valence-corrected chi connectivity index (χ1v) is 10.9. The van der Waals surface area contributed by atoms with Gasteiger partial charge in [-0.25, -0.2) is 17.9 Å². The molecule has 1 fully saturated rings. The van der Waals surface area contributed by atoms with E-state index in [9.17, 15) is 18.0 Å². The number of anilines is 1. The van der Waals surface area contributed by atoms with Crippen LogP contribution in [0.4, 0.5) is 10.5 Å². The number of benzene rings is 1. The van der Waals surface area contributed by atoms with Gasteiger partial charge in [0.25, 0.3) is 0 Å². The number of sulfonamides is 1. The molecule has 1 aromatic rings. The van der Waals surface area contributed by atoms with Gasteiger partial charge in [0.2, 0.25) is 15.9 Å². The van der Waals surface area contributed by atoms with E-state index in [0.717, 1.165) is 11.1 Å². The molecule has 7 nitrogen and oxygen atoms in total. The fraction of sp³-hybridized carbons (Fsp3) is 0.556. The van der Waals surface area contributed by atoms with Gasteiger partial charge in [-0.05, 0) is 41.5 Å². The highest BCUT2D eigenvalue weighted by Crippen LogP contribution is 2.35. The molecule has 0 bridgehead atoms. The normalized spacial score (nSPS) is 17.7. The summed E-state index contributed by atoms with van der Waals surface area (Å²) < 4.78 is 27.0. The van der Waals surface area contributed by atoms with E-state index in [1.54, 1.807) is 12.1 Å². The van der Waals surface area contributed by atoms with Crippen LogP contribution in [-0.4, -0.2) is 32.2 Å². The van der Waals surface area contributed by atoms with Gasteiger partial charge in [-0.3, -0.25) is 4.79 Å². The third-order valence-electron chi connectivity index (χ3n) is 4.54. The highest BCUT2D eigenvalue weighted by atomic mass is 35.5. The monoisotopic (exact) mass is 415 g/mol. The summed E-state index contributed by atoms with van der Waals surface area (Å²) in [4.78, 5) is 23.7. The van der Waals surface area contributed by atoms with Gasteiger partial charge in [0, 0.05) is 23.7 Å². The Hall–Kier alpha value is -1.80. The summed E-state index contributed by atoms with van der Waals surface area (Å²) >= 11 is 6.21. The second-order valence-electron chi connectivity index (χ2n) is 7.33. The summed E-state index contributed by atoms with van der Waals surface area (Å²) in [6.07, 6.45) is 0.309. The standard InChI is InChI=1S/C18H26ClN3O4S/c1-10(2)14-7-12(19)8-15(11(3)4)17(14)21-18(24)22-27(25,26)13-5-6-16(23)20-9-13/h7-8,10-11,13H,5-6,9H2,1-4H3,(H,20,23)(H2,21,22,24). The van der Waals surface area contributed by atoms with E-state index in [1.807, 2.05) is 27.7 Å². The summed E-state index contributed by atoms with van der Waals surface area (Å²) in [6.45, 7) is 7.89. The second-order valence-corrected chi connectivity index (χ2v) is 9.73. The molecule has 0 spiro atoms. The Balaban J connectivity index is 2.23. The molecule has 3 N–H and O–H groups in total. The van der Waals surface area contributed by atoms with Gasteiger partial charge in [-0.2, -0.15) is 0 Å². The summed E-state index contributed by atoms with van der Waals surface area (Å²) in [5.74, 6) is -0.0152. The van der Waals surface area contributed by atoms with Gasteiger partial charge in [0.1, 0.15) is 0 Å². The first-order chi connectivity index (χ1) is 12.5. The average Bonchev–Trinajstić information content (AvgIpc) is 2.55. The van der Waals surface area contributed by atoms with Gasteiger partial charge in [-0.1, -0.05) is 39.3 Å². The molecule has 0 aromatic heterocycles. The number of carbonyl (C=O) groups is 2. The lowest BCUT2D eigenvalue weighted by Crippen LogP contribution is -2.48. The first kappa shape index (κ1) is 21.5. The van der Waals surface area contributed by atoms with E-state index in [4.69, 9.17) is 11.6 Å². The summed E-state index contributed by atoms with van der Waals surface area (Å²) in [5, 5.41) is 4.94. The number of nitrogens with one attached hydrogen (secondary N) is 3. The Bertz CT molecular complexity index is 798. The van der Waals surface area contributed by atoms with Crippen molar-refractivity contribution in [2.45, 2.75) is 57.6 Å². The van der Waals surface area contributed by atoms with Crippen LogP contribution >= 0.6 is 11.6 Å². The van der Waals surface area contributed by atoms with Crippen molar-refractivity contribution in [3.8, 4) is 0 Å². The average molecular weight is 416 g/mol. The van der Waals surface area contributed by atoms with Crippen molar-refractivity contribution in [3.63, 3.8) is 0 Å². The van der Waals surface area contributed by atoms with Crippen LogP contribution in [0.1, 0.15) is 63.5 Å². The van der Waals surface area contributed by atoms with Crippen LogP contribution < -0.4 is 15.4 Å². The molecule has 1 unspecified atom stereocenters. The lowest BCUT2D eigenvalue weighted by atomic mass is 9.92. The van der Waals surface area contributed by atoms with Crippen molar-refractivity contribution in [2.24, 2.45) is 0 Å². The van der Waals surface area contributed by atoms with Crippen LogP contribution in [0.2, 0.25) is 5.02 Å². The molecular formula is C18H26ClN3O4S. The predicted molar refractivity (Wildman–Crippen MR) is 107 cm³/mol. The maximum atomic E-state index is 12.4. The molecule has 0 saturated carbocycles. The highest BCUT2D eigenvalue weighted by molar-refractivity contribution is 7.90. The highest BCUT2D eigenvalue weighted by Gasteiger charge is 2.31. The smallest absolute Gasteiger partial charge is 0.332 e. The molecule has 1 heterocycles. The Morgan fingerprint density at radius 3 is 2.19 bits per heavy atom. The van der Waals surface area contributed by atoms with Crippen molar-refractivity contribution in [2.75, 3.05) is 11.9 Å². The van der Waals surface area contributed by atoms with Gasteiger partial charge in [0.05, 0.1) is 5.25 Å². The zero-order valence-corrected chi connectivity index (χ0v) is 17.5. The van der Waals surface area contributed by atoms with Crippen molar-refractivity contribution in [1.29, 1.82) is 0 Å². The summed E-state index contributed by atoms with van der Waals surface area (Å²) in [7, 11) is -3.90. The van der Waals surface area contributed by atoms with Crippen LogP contribution in [0.15, 0.2) is 12.1 Å². The lowest BCUT2D eigenvalue weighted by Gasteiger charge is -2.24. The number of rotatable bonds is 5. The maximum Gasteiger partial charge on any atom is 0.332 e. The fourth-order valence-corrected chi connectivity index (χ4v) is 4.47. The van der Waals surface area contributed by atoms with Gasteiger partial charge >= 0.3 is 6.03 Å². The number of carbonyl (C=O) groups excluding carboxylic acids is 2. The minimum Gasteiger partial charge on any atom is -0.355 e. The third-order valence-corrected chi connectivity index (χ3v) is 6.51. The quantitative estimate of drug-likeness (QED) is 0.686. The lowest BCUT2D eigenvalue weighted by molar-refractivity contribution is -0.122. The maximum absolute atomic E-state index is 12.4. The van der Waals surface area contributed by atoms with E-state index < -0.39 is 21.3 Å². The zero-order valence-electron chi connectivity index (χ0n) is 15.9. The molecule has 27 heavy (non-hydrogen) atoms. The van der Waals surface area contributed by atoms with Crippen LogP contribution in [0.25, 0.3) is 0 Å². The third kappa shape index (κ3) is 5.35. The minimum atomic E-state index is -3.90. The molecule has 0 aliphatic carbocycles. The Morgan fingerprint density at radius 1 is 1.19 bits per heavy atom. The zero-order chi connectivity index (χ0) is 20.4. The molecular weight excluding hydrogens is 390 g/mol. The van der Waals surface area contributed by atoms with Gasteiger partial charge in [-0.15, -0.1) is 0 Å². The number of urea groups is 1. The Labute approximate surface area is 165 Å². The van der Waals surface area contributed by atoms with Crippen LogP contribution in [0.5, 0.6) is 0 Å². The van der Waals surface area contributed by atoms with Crippen LogP contribution in [0, 0.1) is 0 Å². The van der Waals surface area contributed by atoms with E-state index in [2.05, 4.69) is 15.4 Å². The van der Waals surface area contributed by atoms with Crippen LogP contribution in [-0.2, 0) is 14.8 Å². The van der Waals surface area contributed by atoms with Gasteiger partial charge in [0.15, 0.2) is 0 Å². The number of piperidine rings is 1. The SMILES string of the molecule is CC(C)c1cc(Cl)cc(C(C)C)c1NC(=O)NS(=O)(=O)C1CCC(=O)NC1. The first-order valence-electron chi connectivity index (χ1n) is 8.94. The molecule has 1 saturated heterocycles. The van der Waals surface area contributed by atoms with E-state index in [-0.39, 0.29) is 37.1 Å². The Morgan fingerprint density at radius 2 is 1.74 bits per heavy atom. The largest absolute Gasteiger partial charge is 0.355 e. The molecule has 3 amide bonds. The number of halogens is 1.